The second kappa shape index (κ2) is 16.0. The molecule has 3 aromatic rings. The van der Waals surface area contributed by atoms with E-state index in [1.165, 1.54) is 0 Å². The highest BCUT2D eigenvalue weighted by atomic mass is 16.7. The summed E-state index contributed by atoms with van der Waals surface area (Å²) in [6.07, 6.45) is 1.88. The zero-order valence-corrected chi connectivity index (χ0v) is 24.8. The molecule has 3 N–H and O–H groups in total. The van der Waals surface area contributed by atoms with E-state index in [2.05, 4.69) is 29.2 Å². The molecular weight excluding hydrogens is 546 g/mol. The maximum absolute atomic E-state index is 12.1. The fourth-order valence-corrected chi connectivity index (χ4v) is 4.98. The first-order chi connectivity index (χ1) is 20.9. The number of esters is 1. The lowest BCUT2D eigenvalue weighted by molar-refractivity contribution is -0.252. The number of urea groups is 1. The van der Waals surface area contributed by atoms with Crippen LogP contribution in [0.15, 0.2) is 85.5 Å². The van der Waals surface area contributed by atoms with Crippen LogP contribution in [0.1, 0.15) is 48.0 Å². The summed E-state index contributed by atoms with van der Waals surface area (Å²) >= 11 is 0. The van der Waals surface area contributed by atoms with Gasteiger partial charge in [0.25, 0.3) is 0 Å². The predicted octanol–water partition coefficient (Wildman–Crippen LogP) is 4.87. The fourth-order valence-electron chi connectivity index (χ4n) is 4.98. The first kappa shape index (κ1) is 31.9. The third kappa shape index (κ3) is 9.49. The van der Waals surface area contributed by atoms with Gasteiger partial charge in [0.1, 0.15) is 6.54 Å². The first-order valence-electron chi connectivity index (χ1n) is 14.5. The molecule has 0 saturated carbocycles. The minimum atomic E-state index is -0.531. The van der Waals surface area contributed by atoms with E-state index in [0.717, 1.165) is 52.9 Å². The van der Waals surface area contributed by atoms with Crippen LogP contribution in [0, 0.1) is 0 Å². The second-order valence-electron chi connectivity index (χ2n) is 10.5. The Morgan fingerprint density at radius 3 is 2.44 bits per heavy atom. The molecule has 43 heavy (non-hydrogen) atoms. The van der Waals surface area contributed by atoms with Gasteiger partial charge in [0.2, 0.25) is 0 Å². The lowest BCUT2D eigenvalue weighted by Gasteiger charge is -2.37. The third-order valence-corrected chi connectivity index (χ3v) is 7.17. The quantitative estimate of drug-likeness (QED) is 0.193. The Balaban J connectivity index is 1.43. The molecule has 3 aromatic carbocycles. The van der Waals surface area contributed by atoms with Crippen molar-refractivity contribution in [1.29, 1.82) is 0 Å². The van der Waals surface area contributed by atoms with Crippen molar-refractivity contribution < 1.29 is 28.9 Å². The van der Waals surface area contributed by atoms with E-state index in [-0.39, 0.29) is 32.0 Å². The Labute approximate surface area is 253 Å². The number of nitrogens with zero attached hydrogens (tertiary/aromatic N) is 1. The number of carbonyl (C=O) groups is 2. The Kier molecular flexibility index (Phi) is 11.9. The monoisotopic (exact) mass is 587 g/mol. The van der Waals surface area contributed by atoms with Crippen molar-refractivity contribution in [3.63, 3.8) is 0 Å². The molecule has 1 aliphatic rings. The number of ether oxygens (including phenoxy) is 3. The van der Waals surface area contributed by atoms with Crippen LogP contribution in [0.3, 0.4) is 0 Å². The smallest absolute Gasteiger partial charge is 0.325 e. The fraction of sp³-hybridized carbons (Fsp3) is 0.353. The van der Waals surface area contributed by atoms with Crippen LogP contribution in [0.4, 0.5) is 4.79 Å². The number of amides is 2. The number of hydrogen-bond donors (Lipinski definition) is 3. The number of hydrogen-bond acceptors (Lipinski definition) is 7. The van der Waals surface area contributed by atoms with Gasteiger partial charge in [0.15, 0.2) is 6.29 Å². The minimum Gasteiger partial charge on any atom is -0.465 e. The lowest BCUT2D eigenvalue weighted by atomic mass is 9.99. The Bertz CT molecular complexity index is 1340. The highest BCUT2D eigenvalue weighted by Gasteiger charge is 2.32. The molecule has 1 fully saturated rings. The van der Waals surface area contributed by atoms with Gasteiger partial charge in [-0.05, 0) is 47.9 Å². The maximum atomic E-state index is 12.1. The molecule has 0 bridgehead atoms. The van der Waals surface area contributed by atoms with Crippen molar-refractivity contribution >= 4 is 12.0 Å². The van der Waals surface area contributed by atoms with Crippen molar-refractivity contribution in [2.75, 3.05) is 33.3 Å². The number of carbonyl (C=O) groups excluding carboxylic acids is 2. The van der Waals surface area contributed by atoms with Crippen molar-refractivity contribution in [2.45, 2.75) is 45.0 Å². The summed E-state index contributed by atoms with van der Waals surface area (Å²) in [5.41, 5.74) is 5.79. The number of benzene rings is 3. The van der Waals surface area contributed by atoms with E-state index >= 15 is 0 Å². The zero-order chi connectivity index (χ0) is 30.6. The largest absolute Gasteiger partial charge is 0.465 e. The summed E-state index contributed by atoms with van der Waals surface area (Å²) in [6, 6.07) is 23.5. The highest BCUT2D eigenvalue weighted by Crippen LogP contribution is 2.38. The Morgan fingerprint density at radius 2 is 1.74 bits per heavy atom. The van der Waals surface area contributed by atoms with Crippen molar-refractivity contribution in [3.05, 3.63) is 108 Å². The van der Waals surface area contributed by atoms with Crippen LogP contribution in [0.2, 0.25) is 0 Å². The molecule has 3 unspecified atom stereocenters. The number of rotatable bonds is 13. The molecule has 4 rings (SSSR count). The third-order valence-electron chi connectivity index (χ3n) is 7.17. The Hall–Kier alpha value is -4.02. The highest BCUT2D eigenvalue weighted by molar-refractivity contribution is 5.80. The number of aliphatic hydroxyl groups is 1. The molecule has 9 nitrogen and oxygen atoms in total. The van der Waals surface area contributed by atoms with Crippen LogP contribution in [0.5, 0.6) is 0 Å². The summed E-state index contributed by atoms with van der Waals surface area (Å²) in [5, 5.41) is 14.7. The van der Waals surface area contributed by atoms with Gasteiger partial charge in [-0.15, -0.1) is 6.58 Å². The normalized spacial score (nSPS) is 18.2. The summed E-state index contributed by atoms with van der Waals surface area (Å²) in [7, 11) is 2.05. The lowest BCUT2D eigenvalue weighted by Crippen LogP contribution is -2.38. The summed E-state index contributed by atoms with van der Waals surface area (Å²) < 4.78 is 17.7. The van der Waals surface area contributed by atoms with Crippen LogP contribution >= 0.6 is 0 Å². The van der Waals surface area contributed by atoms with E-state index in [1.54, 1.807) is 6.92 Å². The van der Waals surface area contributed by atoms with Gasteiger partial charge in [-0.2, -0.15) is 0 Å². The van der Waals surface area contributed by atoms with E-state index in [9.17, 15) is 14.7 Å². The average molecular weight is 588 g/mol. The molecule has 0 aliphatic carbocycles. The molecule has 0 spiro atoms. The number of likely N-dealkylation sites (N-methyl/N-ethyl adjacent to an activating group) is 1. The molecule has 1 heterocycles. The van der Waals surface area contributed by atoms with Crippen molar-refractivity contribution in [2.24, 2.45) is 0 Å². The molecule has 3 atom stereocenters. The van der Waals surface area contributed by atoms with E-state index < -0.39 is 18.3 Å². The van der Waals surface area contributed by atoms with Gasteiger partial charge in [0, 0.05) is 31.6 Å². The molecule has 1 saturated heterocycles. The van der Waals surface area contributed by atoms with Crippen LogP contribution in [-0.4, -0.2) is 61.4 Å². The van der Waals surface area contributed by atoms with Gasteiger partial charge in [-0.1, -0.05) is 72.8 Å². The van der Waals surface area contributed by atoms with Gasteiger partial charge >= 0.3 is 12.0 Å². The topological polar surface area (TPSA) is 109 Å². The van der Waals surface area contributed by atoms with Crippen molar-refractivity contribution in [3.8, 4) is 11.1 Å². The minimum absolute atomic E-state index is 0.00470. The molecule has 0 aromatic heterocycles. The van der Waals surface area contributed by atoms with Crippen LogP contribution < -0.4 is 10.6 Å². The van der Waals surface area contributed by atoms with Crippen molar-refractivity contribution in [1.82, 2.24) is 15.5 Å². The molecule has 228 valence electrons. The molecule has 2 amide bonds. The summed E-state index contributed by atoms with van der Waals surface area (Å²) in [5.74, 6) is -0.477. The van der Waals surface area contributed by atoms with Gasteiger partial charge in [-0.3, -0.25) is 4.79 Å². The number of nitrogens with one attached hydrogen (secondary N) is 2. The van der Waals surface area contributed by atoms with E-state index in [4.69, 9.17) is 14.2 Å². The summed E-state index contributed by atoms with van der Waals surface area (Å²) in [4.78, 5) is 25.7. The average Bonchev–Trinajstić information content (AvgIpc) is 3.03. The summed E-state index contributed by atoms with van der Waals surface area (Å²) in [6.45, 7) is 7.49. The first-order valence-corrected chi connectivity index (χ1v) is 14.5. The van der Waals surface area contributed by atoms with E-state index in [1.807, 2.05) is 78.9 Å². The SMILES string of the molecule is C=CCN(C)CC1CC(c2ccc(CO)cc2)OC(c2ccc(-c3cccc(CNC(=O)NCC(=O)OCC)c3)cc2)O1. The van der Waals surface area contributed by atoms with E-state index in [0.29, 0.717) is 6.54 Å². The molecule has 0 radical (unpaired) electrons. The van der Waals surface area contributed by atoms with Gasteiger partial charge < -0.3 is 34.9 Å². The molecule has 1 aliphatic heterocycles. The molecule has 9 heteroatoms. The maximum Gasteiger partial charge on any atom is 0.325 e. The second-order valence-corrected chi connectivity index (χ2v) is 10.5. The van der Waals surface area contributed by atoms with Gasteiger partial charge in [-0.25, -0.2) is 4.79 Å². The molecular formula is C34H41N3O6. The number of aliphatic hydroxyl groups excluding tert-OH is 1. The Morgan fingerprint density at radius 1 is 1.00 bits per heavy atom. The zero-order valence-electron chi connectivity index (χ0n) is 24.8. The standard InChI is InChI=1S/C34H41N3O6/c1-4-17-37(3)22-30-19-31(27-11-9-24(23-38)10-12-27)43-33(42-30)28-15-13-26(14-16-28)29-8-6-7-25(18-29)20-35-34(40)36-21-32(39)41-5-2/h4,6-16,18,30-31,33,38H,1,5,17,19-23H2,2-3H3,(H2,35,36,40). The van der Waals surface area contributed by atoms with Crippen LogP contribution in [0.25, 0.3) is 11.1 Å². The van der Waals surface area contributed by atoms with Gasteiger partial charge in [0.05, 0.1) is 25.4 Å². The predicted molar refractivity (Wildman–Crippen MR) is 165 cm³/mol. The van der Waals surface area contributed by atoms with Crippen LogP contribution in [-0.2, 0) is 32.2 Å².